The third-order valence-corrected chi connectivity index (χ3v) is 39.8. The number of nitrogens with zero attached hydrogens (tertiary/aromatic N) is 1. The molecular weight excluding hydrogens is 868 g/mol. The van der Waals surface area contributed by atoms with Crippen molar-refractivity contribution in [1.29, 1.82) is 0 Å². The maximum atomic E-state index is 9.36. The first kappa shape index (κ1) is 46.8. The molecule has 4 aromatic rings. The SMILES string of the molecule is CC(C)Cc1ccccc1-c1cccc2c1C=C(C(C)(C)C)[CH]2[Zr]([Cl])([Cl])([BH]N([Si](C)(C)C)[Si](C)(C)C)[CH]1C(C(C)(C)C)=Cc2c(-c3ccccc3CC(C)C)cccc21. The normalized spacial score (nSPS) is 18.2. The molecule has 0 aliphatic heterocycles. The van der Waals surface area contributed by atoms with Crippen molar-refractivity contribution in [2.24, 2.45) is 22.7 Å². The molecule has 0 saturated carbocycles. The summed E-state index contributed by atoms with van der Waals surface area (Å²) in [5.74, 6) is 1.11. The summed E-state index contributed by atoms with van der Waals surface area (Å²) in [6.45, 7) is 38.8. The Morgan fingerprint density at radius 1 is 0.542 bits per heavy atom. The van der Waals surface area contributed by atoms with Crippen LogP contribution in [-0.4, -0.2) is 25.6 Å². The van der Waals surface area contributed by atoms with Crippen molar-refractivity contribution in [3.05, 3.63) is 129 Å². The van der Waals surface area contributed by atoms with E-state index in [4.69, 9.17) is 0 Å². The third kappa shape index (κ3) is 9.20. The van der Waals surface area contributed by atoms with Gasteiger partial charge in [-0.15, -0.1) is 0 Å². The van der Waals surface area contributed by atoms with E-state index in [9.17, 15) is 17.0 Å². The molecule has 0 radical (unpaired) electrons. The van der Waals surface area contributed by atoms with Crippen LogP contribution < -0.4 is 0 Å². The summed E-state index contributed by atoms with van der Waals surface area (Å²) in [4.78, 5) is 0.785. The van der Waals surface area contributed by atoms with Crippen LogP contribution in [0.1, 0.15) is 110 Å². The van der Waals surface area contributed by atoms with Crippen molar-refractivity contribution >= 4 is 50.6 Å². The van der Waals surface area contributed by atoms with E-state index >= 15 is 0 Å². The van der Waals surface area contributed by atoms with Gasteiger partial charge in [0.25, 0.3) is 0 Å². The van der Waals surface area contributed by atoms with Crippen LogP contribution in [0.25, 0.3) is 34.4 Å². The molecule has 2 unspecified atom stereocenters. The summed E-state index contributed by atoms with van der Waals surface area (Å²) in [6, 6.07) is 32.3. The Morgan fingerprint density at radius 2 is 0.881 bits per heavy atom. The van der Waals surface area contributed by atoms with E-state index in [2.05, 4.69) is 210 Å². The van der Waals surface area contributed by atoms with Crippen LogP contribution in [0, 0.1) is 22.7 Å². The quantitative estimate of drug-likeness (QED) is 0.128. The first-order valence-corrected chi connectivity index (χ1v) is 40.2. The fourth-order valence-electron chi connectivity index (χ4n) is 10.8. The minimum absolute atomic E-state index is 0.0687. The third-order valence-electron chi connectivity index (χ3n) is 13.0. The summed E-state index contributed by atoms with van der Waals surface area (Å²) < 4.78 is 2.81. The molecule has 0 aromatic heterocycles. The molecule has 7 heteroatoms. The van der Waals surface area contributed by atoms with E-state index in [0.717, 1.165) is 17.8 Å². The van der Waals surface area contributed by atoms with Gasteiger partial charge >= 0.3 is 374 Å². The fourth-order valence-corrected chi connectivity index (χ4v) is 53.4. The average molecular weight is 941 g/mol. The van der Waals surface area contributed by atoms with Gasteiger partial charge in [-0.05, 0) is 0 Å². The second-order valence-electron chi connectivity index (χ2n) is 23.0. The number of allylic oxidation sites excluding steroid dienone is 2. The molecule has 2 atom stereocenters. The van der Waals surface area contributed by atoms with Gasteiger partial charge in [-0.2, -0.15) is 0 Å². The van der Waals surface area contributed by atoms with E-state index in [0.29, 0.717) is 11.8 Å². The van der Waals surface area contributed by atoms with Crippen LogP contribution in [-0.2, 0) is 29.0 Å². The topological polar surface area (TPSA) is 3.24 Å². The molecule has 315 valence electrons. The van der Waals surface area contributed by atoms with Crippen molar-refractivity contribution in [2.75, 3.05) is 0 Å². The molecule has 4 aromatic carbocycles. The predicted molar refractivity (Wildman–Crippen MR) is 269 cm³/mol. The van der Waals surface area contributed by atoms with Crippen molar-refractivity contribution in [3.8, 4) is 22.3 Å². The molecule has 0 heterocycles. The molecule has 0 fully saturated rings. The van der Waals surface area contributed by atoms with Gasteiger partial charge in [-0.1, -0.05) is 0 Å². The number of hydrogen-bond acceptors (Lipinski definition) is 1. The second kappa shape index (κ2) is 16.4. The van der Waals surface area contributed by atoms with Gasteiger partial charge in [-0.25, -0.2) is 0 Å². The van der Waals surface area contributed by atoms with Crippen LogP contribution in [0.2, 0.25) is 39.3 Å². The van der Waals surface area contributed by atoms with Gasteiger partial charge in [-0.3, -0.25) is 0 Å². The summed E-state index contributed by atoms with van der Waals surface area (Å²) in [6.07, 6.45) is 7.19. The average Bonchev–Trinajstić information content (AvgIpc) is 3.72. The molecule has 0 bridgehead atoms. The van der Waals surface area contributed by atoms with E-state index in [1.807, 2.05) is 0 Å². The van der Waals surface area contributed by atoms with Crippen LogP contribution in [0.4, 0.5) is 0 Å². The number of hydrogen-bond donors (Lipinski definition) is 0. The van der Waals surface area contributed by atoms with Crippen LogP contribution >= 0.6 is 17.0 Å². The Hall–Kier alpha value is -1.72. The van der Waals surface area contributed by atoms with Gasteiger partial charge in [0, 0.05) is 0 Å². The Morgan fingerprint density at radius 3 is 1.20 bits per heavy atom. The molecule has 0 saturated heterocycles. The fraction of sp³-hybridized carbons (Fsp3) is 0.462. The molecule has 6 rings (SSSR count). The zero-order chi connectivity index (χ0) is 43.7. The van der Waals surface area contributed by atoms with E-state index < -0.39 is 32.6 Å². The molecule has 2 aliphatic carbocycles. The Balaban J connectivity index is 1.73. The molecule has 2 aliphatic rings. The molecule has 0 N–H and O–H groups in total. The van der Waals surface area contributed by atoms with Crippen molar-refractivity contribution in [3.63, 3.8) is 0 Å². The zero-order valence-corrected chi connectivity index (χ0v) is 45.3. The zero-order valence-electron chi connectivity index (χ0n) is 39.4. The molecule has 0 amide bonds. The van der Waals surface area contributed by atoms with Crippen LogP contribution in [0.5, 0.6) is 0 Å². The maximum absolute atomic E-state index is 9.36. The van der Waals surface area contributed by atoms with Crippen LogP contribution in [0.3, 0.4) is 0 Å². The first-order chi connectivity index (χ1) is 27.1. The number of benzene rings is 4. The number of fused-ring (bicyclic) bond motifs is 2. The molecular formula is C52H73BCl2NSi2Zr. The van der Waals surface area contributed by atoms with Crippen molar-refractivity contribution in [2.45, 2.75) is 129 Å². The van der Waals surface area contributed by atoms with E-state index in [1.165, 1.54) is 66.8 Å². The standard InChI is InChI=1S/2C23H27.C6H19BNSi2.2ClH.Zr/c2*1-16(2)13-17-9-6-7-11-20(17)21-12-8-10-18-14-19(15-22(18)21)23(3,4)5;1-9(2,3)8(7)10(4,5)6;;;/h2*6-12,14-16H,13H2,1-5H3;7H,1-6H3;2*1H;/q;;+1;;;+1/p-2. The Labute approximate surface area is 370 Å². The van der Waals surface area contributed by atoms with Gasteiger partial charge < -0.3 is 0 Å². The van der Waals surface area contributed by atoms with E-state index in [-0.39, 0.29) is 18.1 Å². The number of rotatable bonds is 12. The van der Waals surface area contributed by atoms with Gasteiger partial charge in [0.15, 0.2) is 0 Å². The summed E-state index contributed by atoms with van der Waals surface area (Å²) >= 11 is -5.49. The second-order valence-corrected chi connectivity index (χ2v) is 55.1. The molecule has 0 spiro atoms. The minimum atomic E-state index is -5.49. The number of halogens is 2. The van der Waals surface area contributed by atoms with Crippen molar-refractivity contribution < 1.29 is 16.2 Å². The van der Waals surface area contributed by atoms with Crippen LogP contribution in [0.15, 0.2) is 96.1 Å². The van der Waals surface area contributed by atoms with Gasteiger partial charge in [0.05, 0.1) is 0 Å². The predicted octanol–water partition coefficient (Wildman–Crippen LogP) is 16.3. The summed E-state index contributed by atoms with van der Waals surface area (Å²) in [5, 5.41) is 0. The monoisotopic (exact) mass is 938 g/mol. The van der Waals surface area contributed by atoms with Gasteiger partial charge in [0.1, 0.15) is 0 Å². The van der Waals surface area contributed by atoms with Crippen molar-refractivity contribution in [1.82, 2.24) is 4.14 Å². The first-order valence-electron chi connectivity index (χ1n) is 22.4. The molecule has 1 nitrogen and oxygen atoms in total. The Kier molecular flexibility index (Phi) is 13.0. The van der Waals surface area contributed by atoms with Gasteiger partial charge in [0.2, 0.25) is 0 Å². The summed E-state index contributed by atoms with van der Waals surface area (Å²) in [7, 11) is 14.9. The molecule has 59 heavy (non-hydrogen) atoms. The Bertz CT molecular complexity index is 2120. The van der Waals surface area contributed by atoms with E-state index in [1.54, 1.807) is 0 Å². The summed E-state index contributed by atoms with van der Waals surface area (Å²) in [5.41, 5.74) is 15.9.